The van der Waals surface area contributed by atoms with E-state index >= 15 is 0 Å². The van der Waals surface area contributed by atoms with Crippen molar-refractivity contribution >= 4 is 17.4 Å². The molecule has 1 aromatic rings. The number of rotatable bonds is 1. The summed E-state index contributed by atoms with van der Waals surface area (Å²) >= 11 is 6.21. The van der Waals surface area contributed by atoms with Gasteiger partial charge in [-0.3, -0.25) is 0 Å². The number of aryl methyl sites for hydroxylation is 2. The van der Waals surface area contributed by atoms with Crippen LogP contribution in [0.25, 0.3) is 0 Å². The van der Waals surface area contributed by atoms with E-state index in [1.165, 1.54) is 32.1 Å². The maximum atomic E-state index is 6.21. The van der Waals surface area contributed by atoms with Gasteiger partial charge in [0.2, 0.25) is 0 Å². The van der Waals surface area contributed by atoms with Crippen LogP contribution >= 0.6 is 11.6 Å². The van der Waals surface area contributed by atoms with Crippen LogP contribution in [0.15, 0.2) is 0 Å². The van der Waals surface area contributed by atoms with Crippen LogP contribution in [0.3, 0.4) is 0 Å². The number of hydrogen-bond donors (Lipinski definition) is 0. The van der Waals surface area contributed by atoms with Gasteiger partial charge in [0.1, 0.15) is 0 Å². The average Bonchev–Trinajstić information content (AvgIpc) is 2.24. The highest BCUT2D eigenvalue weighted by molar-refractivity contribution is 6.31. The largest absolute Gasteiger partial charge is 0.354 e. The van der Waals surface area contributed by atoms with Gasteiger partial charge in [0.25, 0.3) is 0 Å². The maximum Gasteiger partial charge on any atom is 0.171 e. The monoisotopic (exact) mass is 253 g/mol. The minimum Gasteiger partial charge on any atom is -0.354 e. The summed E-state index contributed by atoms with van der Waals surface area (Å²) in [5, 5.41) is 0.550. The van der Waals surface area contributed by atoms with Gasteiger partial charge >= 0.3 is 0 Å². The van der Waals surface area contributed by atoms with E-state index in [9.17, 15) is 0 Å². The lowest BCUT2D eigenvalue weighted by Crippen LogP contribution is -2.28. The second kappa shape index (κ2) is 5.67. The molecule has 1 saturated heterocycles. The molecule has 3 nitrogen and oxygen atoms in total. The fourth-order valence-electron chi connectivity index (χ4n) is 2.22. The molecule has 2 rings (SSSR count). The summed E-state index contributed by atoms with van der Waals surface area (Å²) in [5.41, 5.74) is 1.90. The van der Waals surface area contributed by atoms with E-state index in [4.69, 9.17) is 11.6 Å². The first kappa shape index (κ1) is 12.6. The van der Waals surface area contributed by atoms with Gasteiger partial charge in [-0.2, -0.15) is 0 Å². The first-order valence-electron chi connectivity index (χ1n) is 6.44. The zero-order valence-electron chi connectivity index (χ0n) is 10.7. The van der Waals surface area contributed by atoms with Crippen molar-refractivity contribution in [3.05, 3.63) is 16.5 Å². The van der Waals surface area contributed by atoms with Gasteiger partial charge in [0.05, 0.1) is 11.4 Å². The third kappa shape index (κ3) is 3.09. The van der Waals surface area contributed by atoms with Crippen molar-refractivity contribution in [2.75, 3.05) is 18.0 Å². The molecule has 0 aromatic carbocycles. The van der Waals surface area contributed by atoms with Crippen LogP contribution < -0.4 is 4.90 Å². The van der Waals surface area contributed by atoms with E-state index in [1.807, 2.05) is 13.8 Å². The highest BCUT2D eigenvalue weighted by atomic mass is 35.5. The van der Waals surface area contributed by atoms with E-state index in [-0.39, 0.29) is 0 Å². The standard InChI is InChI=1S/C13H20ClN3/c1-10-11(2)16-13(12(14)15-10)17-8-6-4-3-5-7-9-17/h3-9H2,1-2H3. The molecule has 0 amide bonds. The van der Waals surface area contributed by atoms with E-state index in [1.54, 1.807) is 0 Å². The van der Waals surface area contributed by atoms with Gasteiger partial charge in [-0.25, -0.2) is 9.97 Å². The maximum absolute atomic E-state index is 6.21. The second-order valence-corrected chi connectivity index (χ2v) is 5.12. The number of anilines is 1. The smallest absolute Gasteiger partial charge is 0.171 e. The molecule has 0 atom stereocenters. The highest BCUT2D eigenvalue weighted by Gasteiger charge is 2.15. The number of halogens is 1. The number of nitrogens with zero attached hydrogens (tertiary/aromatic N) is 3. The molecule has 0 radical (unpaired) electrons. The second-order valence-electron chi connectivity index (χ2n) is 4.76. The molecule has 4 heteroatoms. The minimum absolute atomic E-state index is 0.550. The van der Waals surface area contributed by atoms with Gasteiger partial charge in [-0.05, 0) is 26.7 Å². The van der Waals surface area contributed by atoms with Crippen LogP contribution in [0.2, 0.25) is 5.15 Å². The molecule has 0 saturated carbocycles. The van der Waals surface area contributed by atoms with E-state index in [2.05, 4.69) is 14.9 Å². The molecular formula is C13H20ClN3. The lowest BCUT2D eigenvalue weighted by molar-refractivity contribution is 0.553. The van der Waals surface area contributed by atoms with Gasteiger partial charge < -0.3 is 4.90 Å². The van der Waals surface area contributed by atoms with Crippen LogP contribution in [0.4, 0.5) is 5.82 Å². The Balaban J connectivity index is 2.21. The molecule has 94 valence electrons. The molecule has 1 aromatic heterocycles. The van der Waals surface area contributed by atoms with Gasteiger partial charge in [-0.1, -0.05) is 30.9 Å². The van der Waals surface area contributed by atoms with Crippen LogP contribution in [-0.4, -0.2) is 23.1 Å². The zero-order valence-corrected chi connectivity index (χ0v) is 11.4. The van der Waals surface area contributed by atoms with Crippen molar-refractivity contribution in [1.82, 2.24) is 9.97 Å². The van der Waals surface area contributed by atoms with E-state index in [0.29, 0.717) is 5.15 Å². The average molecular weight is 254 g/mol. The quantitative estimate of drug-likeness (QED) is 0.767. The Kier molecular flexibility index (Phi) is 4.21. The van der Waals surface area contributed by atoms with Crippen molar-refractivity contribution in [1.29, 1.82) is 0 Å². The molecule has 1 aliphatic rings. The molecule has 0 spiro atoms. The van der Waals surface area contributed by atoms with Crippen LogP contribution in [0, 0.1) is 13.8 Å². The van der Waals surface area contributed by atoms with Crippen molar-refractivity contribution in [3.8, 4) is 0 Å². The normalized spacial score (nSPS) is 17.7. The first-order valence-corrected chi connectivity index (χ1v) is 6.82. The number of aromatic nitrogens is 2. The van der Waals surface area contributed by atoms with Crippen LogP contribution in [0.1, 0.15) is 43.5 Å². The van der Waals surface area contributed by atoms with E-state index in [0.717, 1.165) is 30.3 Å². The lowest BCUT2D eigenvalue weighted by Gasteiger charge is -2.26. The Morgan fingerprint density at radius 3 is 2.06 bits per heavy atom. The topological polar surface area (TPSA) is 29.0 Å². The summed E-state index contributed by atoms with van der Waals surface area (Å²) < 4.78 is 0. The Labute approximate surface area is 108 Å². The predicted octanol–water partition coefficient (Wildman–Crippen LogP) is 3.52. The van der Waals surface area contributed by atoms with Gasteiger partial charge in [-0.15, -0.1) is 0 Å². The van der Waals surface area contributed by atoms with Crippen molar-refractivity contribution in [2.45, 2.75) is 46.0 Å². The van der Waals surface area contributed by atoms with Crippen molar-refractivity contribution in [2.24, 2.45) is 0 Å². The highest BCUT2D eigenvalue weighted by Crippen LogP contribution is 2.25. The van der Waals surface area contributed by atoms with Crippen LogP contribution in [0.5, 0.6) is 0 Å². The summed E-state index contributed by atoms with van der Waals surface area (Å²) in [7, 11) is 0. The molecule has 1 fully saturated rings. The Morgan fingerprint density at radius 1 is 0.882 bits per heavy atom. The van der Waals surface area contributed by atoms with Crippen LogP contribution in [-0.2, 0) is 0 Å². The summed E-state index contributed by atoms with van der Waals surface area (Å²) in [6.45, 7) is 6.05. The summed E-state index contributed by atoms with van der Waals surface area (Å²) in [5.74, 6) is 0.872. The number of hydrogen-bond acceptors (Lipinski definition) is 3. The van der Waals surface area contributed by atoms with Crippen molar-refractivity contribution < 1.29 is 0 Å². The first-order chi connectivity index (χ1) is 8.18. The zero-order chi connectivity index (χ0) is 12.3. The predicted molar refractivity (Wildman–Crippen MR) is 71.8 cm³/mol. The Hall–Kier alpha value is -0.830. The van der Waals surface area contributed by atoms with E-state index < -0.39 is 0 Å². The summed E-state index contributed by atoms with van der Waals surface area (Å²) in [6, 6.07) is 0. The lowest BCUT2D eigenvalue weighted by atomic mass is 10.1. The fraction of sp³-hybridized carbons (Fsp3) is 0.692. The molecule has 17 heavy (non-hydrogen) atoms. The third-order valence-corrected chi connectivity index (χ3v) is 3.66. The molecule has 0 bridgehead atoms. The summed E-state index contributed by atoms with van der Waals surface area (Å²) in [6.07, 6.45) is 6.44. The molecule has 0 N–H and O–H groups in total. The third-order valence-electron chi connectivity index (χ3n) is 3.40. The molecule has 0 aliphatic carbocycles. The fourth-order valence-corrected chi connectivity index (χ4v) is 2.51. The molecule has 2 heterocycles. The minimum atomic E-state index is 0.550. The SMILES string of the molecule is Cc1nc(Cl)c(N2CCCCCCC2)nc1C. The molecular weight excluding hydrogens is 234 g/mol. The molecule has 1 aliphatic heterocycles. The summed E-state index contributed by atoms with van der Waals surface area (Å²) in [4.78, 5) is 11.3. The van der Waals surface area contributed by atoms with Crippen molar-refractivity contribution in [3.63, 3.8) is 0 Å². The Morgan fingerprint density at radius 2 is 1.41 bits per heavy atom. The Bertz CT molecular complexity index is 384. The van der Waals surface area contributed by atoms with Gasteiger partial charge in [0.15, 0.2) is 11.0 Å². The molecule has 0 unspecified atom stereocenters. The van der Waals surface area contributed by atoms with Gasteiger partial charge in [0, 0.05) is 13.1 Å².